The van der Waals surface area contributed by atoms with Crippen LogP contribution in [0.3, 0.4) is 0 Å². The Balaban J connectivity index is 4.64. The SMILES string of the molecule is CC/C=C/C=C/C=C/C=C/C=C/CCCC(=O)OC(COC(=O)CC/C=C/C/C=C/CCCCCCCC)COC(=O)CCCCCC/C=C/C/C=C/C/C=C/CC. The van der Waals surface area contributed by atoms with E-state index in [9.17, 15) is 14.4 Å². The molecule has 6 heteroatoms. The predicted molar refractivity (Wildman–Crippen MR) is 246 cm³/mol. The number of unbranched alkanes of at least 4 members (excludes halogenated alkanes) is 11. The van der Waals surface area contributed by atoms with Gasteiger partial charge in [-0.1, -0.05) is 187 Å². The van der Waals surface area contributed by atoms with Gasteiger partial charge in [0.05, 0.1) is 0 Å². The molecule has 0 heterocycles. The fraction of sp³-hybridized carbons (Fsp3) is 0.558. The van der Waals surface area contributed by atoms with Gasteiger partial charge in [-0.2, -0.15) is 0 Å². The van der Waals surface area contributed by atoms with Gasteiger partial charge in [0, 0.05) is 19.3 Å². The van der Waals surface area contributed by atoms with Crippen molar-refractivity contribution in [3.8, 4) is 0 Å². The third kappa shape index (κ3) is 42.9. The normalized spacial score (nSPS) is 13.2. The lowest BCUT2D eigenvalue weighted by molar-refractivity contribution is -0.166. The fourth-order valence-corrected chi connectivity index (χ4v) is 5.48. The quantitative estimate of drug-likeness (QED) is 0.0203. The first-order valence-corrected chi connectivity index (χ1v) is 22.6. The summed E-state index contributed by atoms with van der Waals surface area (Å²) in [4.78, 5) is 37.7. The summed E-state index contributed by atoms with van der Waals surface area (Å²) < 4.78 is 16.6. The van der Waals surface area contributed by atoms with Crippen LogP contribution in [0, 0.1) is 0 Å². The summed E-state index contributed by atoms with van der Waals surface area (Å²) >= 11 is 0. The predicted octanol–water partition coefficient (Wildman–Crippen LogP) is 14.6. The number of esters is 3. The van der Waals surface area contributed by atoms with Crippen LogP contribution in [0.25, 0.3) is 0 Å². The molecule has 1 atom stereocenters. The Morgan fingerprint density at radius 3 is 1.40 bits per heavy atom. The maximum atomic E-state index is 12.7. The minimum Gasteiger partial charge on any atom is -0.462 e. The van der Waals surface area contributed by atoms with Crippen molar-refractivity contribution in [2.75, 3.05) is 13.2 Å². The molecule has 0 bridgehead atoms. The van der Waals surface area contributed by atoms with Gasteiger partial charge in [0.15, 0.2) is 6.10 Å². The van der Waals surface area contributed by atoms with Crippen molar-refractivity contribution < 1.29 is 28.6 Å². The molecule has 0 N–H and O–H groups in total. The van der Waals surface area contributed by atoms with Crippen molar-refractivity contribution in [3.63, 3.8) is 0 Å². The third-order valence-electron chi connectivity index (χ3n) is 8.82. The molecule has 1 unspecified atom stereocenters. The van der Waals surface area contributed by atoms with Crippen LogP contribution >= 0.6 is 0 Å². The minimum atomic E-state index is -0.848. The van der Waals surface area contributed by atoms with Gasteiger partial charge < -0.3 is 14.2 Å². The highest BCUT2D eigenvalue weighted by atomic mass is 16.6. The molecule has 0 aromatic rings. The zero-order valence-corrected chi connectivity index (χ0v) is 36.8. The zero-order chi connectivity index (χ0) is 42.3. The maximum Gasteiger partial charge on any atom is 0.306 e. The molecule has 0 radical (unpaired) electrons. The molecule has 58 heavy (non-hydrogen) atoms. The summed E-state index contributed by atoms with van der Waals surface area (Å²) in [7, 11) is 0. The summed E-state index contributed by atoms with van der Waals surface area (Å²) in [6.07, 6.45) is 62.0. The standard InChI is InChI=1S/C52H80O6/c1-4-7-10-13-16-19-22-25-28-30-33-36-39-42-45-51(54)57-48-49(58-52(55)46-43-40-37-34-31-27-24-21-18-15-12-9-6-3)47-56-50(53)44-41-38-35-32-29-26-23-20-17-14-11-8-5-2/h7,9-10,12,15-16,18-19,21,24-29,31,34-35,37-38,49H,4-6,8,11,13-14,17,20,22-23,30,32-33,36,39-48H2,1-3H3/b10-7+,12-9+,18-15+,19-16+,24-21+,28-25+,29-26+,31-27+,37-34+,38-35+. The summed E-state index contributed by atoms with van der Waals surface area (Å²) in [5, 5.41) is 0. The molecule has 0 rings (SSSR count). The second-order valence-electron chi connectivity index (χ2n) is 14.3. The minimum absolute atomic E-state index is 0.140. The van der Waals surface area contributed by atoms with Gasteiger partial charge >= 0.3 is 17.9 Å². The summed E-state index contributed by atoms with van der Waals surface area (Å²) in [5.41, 5.74) is 0. The van der Waals surface area contributed by atoms with Crippen LogP contribution < -0.4 is 0 Å². The first kappa shape index (κ1) is 53.8. The van der Waals surface area contributed by atoms with E-state index in [0.717, 1.165) is 70.6 Å². The van der Waals surface area contributed by atoms with Crippen molar-refractivity contribution in [3.05, 3.63) is 122 Å². The van der Waals surface area contributed by atoms with Gasteiger partial charge in [-0.3, -0.25) is 14.4 Å². The first-order valence-electron chi connectivity index (χ1n) is 22.6. The lowest BCUT2D eigenvalue weighted by atomic mass is 10.1. The van der Waals surface area contributed by atoms with Gasteiger partial charge in [-0.05, 0) is 83.5 Å². The molecule has 0 saturated carbocycles. The van der Waals surface area contributed by atoms with Crippen molar-refractivity contribution in [1.82, 2.24) is 0 Å². The molecular weight excluding hydrogens is 721 g/mol. The van der Waals surface area contributed by atoms with Crippen LogP contribution in [0.4, 0.5) is 0 Å². The van der Waals surface area contributed by atoms with E-state index < -0.39 is 12.1 Å². The first-order chi connectivity index (χ1) is 28.5. The molecule has 0 spiro atoms. The lowest BCUT2D eigenvalue weighted by Gasteiger charge is -2.18. The van der Waals surface area contributed by atoms with E-state index in [0.29, 0.717) is 25.7 Å². The fourth-order valence-electron chi connectivity index (χ4n) is 5.48. The number of hydrogen-bond donors (Lipinski definition) is 0. The van der Waals surface area contributed by atoms with Gasteiger partial charge in [-0.25, -0.2) is 0 Å². The Labute approximate surface area is 354 Å². The number of rotatable bonds is 38. The molecule has 6 nitrogen and oxygen atoms in total. The molecular formula is C52H80O6. The largest absolute Gasteiger partial charge is 0.462 e. The zero-order valence-electron chi connectivity index (χ0n) is 36.8. The van der Waals surface area contributed by atoms with Crippen LogP contribution in [0.1, 0.15) is 168 Å². The Bertz CT molecular complexity index is 1290. The highest BCUT2D eigenvalue weighted by molar-refractivity contribution is 5.71. The van der Waals surface area contributed by atoms with E-state index in [-0.39, 0.29) is 38.0 Å². The molecule has 0 fully saturated rings. The second-order valence-corrected chi connectivity index (χ2v) is 14.3. The molecule has 0 aromatic carbocycles. The van der Waals surface area contributed by atoms with E-state index in [1.54, 1.807) is 0 Å². The maximum absolute atomic E-state index is 12.7. The van der Waals surface area contributed by atoms with E-state index in [4.69, 9.17) is 14.2 Å². The topological polar surface area (TPSA) is 78.9 Å². The average molecular weight is 801 g/mol. The van der Waals surface area contributed by atoms with Crippen LogP contribution in [-0.4, -0.2) is 37.2 Å². The van der Waals surface area contributed by atoms with Gasteiger partial charge in [0.2, 0.25) is 0 Å². The Morgan fingerprint density at radius 1 is 0.379 bits per heavy atom. The lowest BCUT2D eigenvalue weighted by Crippen LogP contribution is -2.30. The summed E-state index contributed by atoms with van der Waals surface area (Å²) in [6, 6.07) is 0. The third-order valence-corrected chi connectivity index (χ3v) is 8.82. The van der Waals surface area contributed by atoms with E-state index in [2.05, 4.69) is 81.5 Å². The van der Waals surface area contributed by atoms with E-state index >= 15 is 0 Å². The number of allylic oxidation sites excluding steroid dienone is 20. The van der Waals surface area contributed by atoms with Gasteiger partial charge in [0.25, 0.3) is 0 Å². The van der Waals surface area contributed by atoms with Gasteiger partial charge in [0.1, 0.15) is 13.2 Å². The molecule has 0 saturated heterocycles. The number of carbonyl (C=O) groups excluding carboxylic acids is 3. The highest BCUT2D eigenvalue weighted by Crippen LogP contribution is 2.10. The molecule has 0 aliphatic carbocycles. The van der Waals surface area contributed by atoms with E-state index in [1.165, 1.54) is 38.5 Å². The number of ether oxygens (including phenoxy) is 3. The van der Waals surface area contributed by atoms with Crippen molar-refractivity contribution >= 4 is 17.9 Å². The molecule has 0 aliphatic rings. The van der Waals surface area contributed by atoms with Crippen molar-refractivity contribution in [2.24, 2.45) is 0 Å². The second kappa shape index (κ2) is 45.5. The highest BCUT2D eigenvalue weighted by Gasteiger charge is 2.19. The summed E-state index contributed by atoms with van der Waals surface area (Å²) in [5.74, 6) is -1.12. The van der Waals surface area contributed by atoms with E-state index in [1.807, 2.05) is 60.8 Å². The van der Waals surface area contributed by atoms with Crippen LogP contribution in [-0.2, 0) is 28.6 Å². The monoisotopic (exact) mass is 801 g/mol. The molecule has 0 amide bonds. The summed E-state index contributed by atoms with van der Waals surface area (Å²) in [6.45, 7) is 6.19. The number of hydrogen-bond acceptors (Lipinski definition) is 6. The van der Waals surface area contributed by atoms with Crippen molar-refractivity contribution in [1.29, 1.82) is 0 Å². The van der Waals surface area contributed by atoms with Crippen LogP contribution in [0.5, 0.6) is 0 Å². The van der Waals surface area contributed by atoms with Gasteiger partial charge in [-0.15, -0.1) is 0 Å². The number of carbonyl (C=O) groups is 3. The molecule has 0 aromatic heterocycles. The Morgan fingerprint density at radius 2 is 0.810 bits per heavy atom. The van der Waals surface area contributed by atoms with Crippen LogP contribution in [0.2, 0.25) is 0 Å². The van der Waals surface area contributed by atoms with Crippen molar-refractivity contribution in [2.45, 2.75) is 175 Å². The Hall–Kier alpha value is -4.19. The molecule has 0 aliphatic heterocycles. The Kier molecular flexibility index (Phi) is 42.2. The smallest absolute Gasteiger partial charge is 0.306 e. The molecule has 324 valence electrons. The average Bonchev–Trinajstić information content (AvgIpc) is 3.22. The van der Waals surface area contributed by atoms with Crippen LogP contribution in [0.15, 0.2) is 122 Å².